The van der Waals surface area contributed by atoms with Gasteiger partial charge in [-0.15, -0.1) is 0 Å². The maximum absolute atomic E-state index is 11.5. The highest BCUT2D eigenvalue weighted by Crippen LogP contribution is 2.06. The Bertz CT molecular complexity index is 670. The van der Waals surface area contributed by atoms with Crippen LogP contribution in [0.4, 0.5) is 4.79 Å². The van der Waals surface area contributed by atoms with Crippen molar-refractivity contribution in [2.24, 2.45) is 0 Å². The number of hydrogen-bond donors (Lipinski definition) is 1. The molecule has 0 aliphatic heterocycles. The first-order valence-electron chi connectivity index (χ1n) is 16.8. The third kappa shape index (κ3) is 42.5. The summed E-state index contributed by atoms with van der Waals surface area (Å²) in [6.07, 6.45) is 0.785. The van der Waals surface area contributed by atoms with Crippen molar-refractivity contribution in [1.82, 2.24) is 5.32 Å². The summed E-state index contributed by atoms with van der Waals surface area (Å²) < 4.78 is 70.1. The zero-order valence-electron chi connectivity index (χ0n) is 29.6. The van der Waals surface area contributed by atoms with Gasteiger partial charge in [-0.3, -0.25) is 0 Å². The van der Waals surface area contributed by atoms with Gasteiger partial charge >= 0.3 is 6.09 Å². The van der Waals surface area contributed by atoms with E-state index in [1.807, 2.05) is 20.8 Å². The van der Waals surface area contributed by atoms with Crippen molar-refractivity contribution in [3.63, 3.8) is 0 Å². The molecule has 0 aliphatic rings. The first-order valence-corrected chi connectivity index (χ1v) is 16.8. The summed E-state index contributed by atoms with van der Waals surface area (Å²) in [4.78, 5) is 21.6. The molecule has 0 unspecified atom stereocenters. The molecule has 0 aromatic carbocycles. The van der Waals surface area contributed by atoms with E-state index in [4.69, 9.17) is 61.6 Å². The lowest BCUT2D eigenvalue weighted by molar-refractivity contribution is -0.109. The van der Waals surface area contributed by atoms with Gasteiger partial charge in [-0.1, -0.05) is 0 Å². The molecule has 0 fully saturated rings. The molecule has 0 radical (unpaired) electrons. The lowest BCUT2D eigenvalue weighted by atomic mass is 10.2. The number of nitrogens with one attached hydrogen (secondary N) is 1. The van der Waals surface area contributed by atoms with E-state index in [1.165, 1.54) is 0 Å². The van der Waals surface area contributed by atoms with Crippen LogP contribution in [0.15, 0.2) is 0 Å². The average Bonchev–Trinajstić information content (AvgIpc) is 3.05. The normalized spacial score (nSPS) is 11.6. The summed E-state index contributed by atoms with van der Waals surface area (Å²) in [6.45, 7) is 17.3. The van der Waals surface area contributed by atoms with Crippen LogP contribution in [0.3, 0.4) is 0 Å². The topological polar surface area (TPSA) is 166 Å². The Morgan fingerprint density at radius 1 is 0.417 bits per heavy atom. The molecule has 0 saturated heterocycles. The quantitative estimate of drug-likeness (QED) is 0.0719. The second-order valence-electron chi connectivity index (χ2n) is 10.7. The zero-order chi connectivity index (χ0) is 35.1. The SMILES string of the molecule is CC(C)(C)OC(=O)NCCOCCOCCOCCOCCOCCOCCOCCOCCOCCOCCOCCOCCC=O. The predicted molar refractivity (Wildman–Crippen MR) is 175 cm³/mol. The predicted octanol–water partition coefficient (Wildman–Crippen LogP) is 1.30. The number of aldehydes is 1. The maximum Gasteiger partial charge on any atom is 0.407 e. The number of carbonyl (C=O) groups is 2. The van der Waals surface area contributed by atoms with Crippen molar-refractivity contribution in [3.05, 3.63) is 0 Å². The Labute approximate surface area is 286 Å². The highest BCUT2D eigenvalue weighted by molar-refractivity contribution is 5.67. The number of ether oxygens (including phenoxy) is 13. The van der Waals surface area contributed by atoms with Crippen LogP contribution in [0.1, 0.15) is 27.2 Å². The van der Waals surface area contributed by atoms with Gasteiger partial charge in [0.2, 0.25) is 0 Å². The maximum atomic E-state index is 11.5. The molecule has 0 rings (SSSR count). The number of alkyl carbamates (subject to hydrolysis) is 1. The first kappa shape index (κ1) is 46.5. The third-order valence-corrected chi connectivity index (χ3v) is 5.39. The third-order valence-electron chi connectivity index (χ3n) is 5.39. The van der Waals surface area contributed by atoms with Crippen molar-refractivity contribution in [3.8, 4) is 0 Å². The molecule has 1 N–H and O–H groups in total. The summed E-state index contributed by atoms with van der Waals surface area (Å²) in [5, 5.41) is 2.63. The molecule has 0 bridgehead atoms. The highest BCUT2D eigenvalue weighted by atomic mass is 16.6. The fraction of sp³-hybridized carbons (Fsp3) is 0.938. The molecule has 48 heavy (non-hydrogen) atoms. The molecule has 16 heteroatoms. The Balaban J connectivity index is 3.09. The van der Waals surface area contributed by atoms with Crippen LogP contribution >= 0.6 is 0 Å². The molecule has 0 aromatic rings. The van der Waals surface area contributed by atoms with E-state index < -0.39 is 11.7 Å². The molecule has 0 aliphatic carbocycles. The van der Waals surface area contributed by atoms with Gasteiger partial charge in [-0.05, 0) is 20.8 Å². The van der Waals surface area contributed by atoms with E-state index in [0.717, 1.165) is 6.29 Å². The van der Waals surface area contributed by atoms with Crippen molar-refractivity contribution < 1.29 is 71.2 Å². The van der Waals surface area contributed by atoms with Crippen LogP contribution in [-0.4, -0.2) is 183 Å². The van der Waals surface area contributed by atoms with E-state index in [0.29, 0.717) is 172 Å². The molecule has 286 valence electrons. The lowest BCUT2D eigenvalue weighted by Gasteiger charge is -2.19. The van der Waals surface area contributed by atoms with E-state index in [1.54, 1.807) is 0 Å². The highest BCUT2D eigenvalue weighted by Gasteiger charge is 2.15. The molecule has 0 spiro atoms. The minimum Gasteiger partial charge on any atom is -0.444 e. The van der Waals surface area contributed by atoms with Crippen molar-refractivity contribution in [2.75, 3.05) is 165 Å². The Kier molecular flexibility index (Phi) is 37.0. The fourth-order valence-electron chi connectivity index (χ4n) is 3.19. The van der Waals surface area contributed by atoms with Crippen LogP contribution in [-0.2, 0) is 66.4 Å². The van der Waals surface area contributed by atoms with Gasteiger partial charge in [0.05, 0.1) is 159 Å². The average molecular weight is 702 g/mol. The van der Waals surface area contributed by atoms with Gasteiger partial charge < -0.3 is 71.7 Å². The van der Waals surface area contributed by atoms with Gasteiger partial charge in [0.15, 0.2) is 0 Å². The van der Waals surface area contributed by atoms with E-state index in [9.17, 15) is 9.59 Å². The van der Waals surface area contributed by atoms with E-state index in [2.05, 4.69) is 5.32 Å². The Morgan fingerprint density at radius 2 is 0.646 bits per heavy atom. The molecule has 16 nitrogen and oxygen atoms in total. The van der Waals surface area contributed by atoms with E-state index >= 15 is 0 Å². The largest absolute Gasteiger partial charge is 0.444 e. The summed E-state index contributed by atoms with van der Waals surface area (Å²) in [5.74, 6) is 0. The standard InChI is InChI=1S/C32H63NO15/c1-32(2,3)48-31(35)33-5-8-37-10-12-39-14-16-41-18-20-43-22-24-45-26-28-47-30-29-46-27-25-44-23-21-42-19-17-40-15-13-38-11-9-36-7-4-6-34/h6H,4-5,7-30H2,1-3H3,(H,33,35). The molecular weight excluding hydrogens is 638 g/mol. The first-order chi connectivity index (χ1) is 23.5. The lowest BCUT2D eigenvalue weighted by Crippen LogP contribution is -2.34. The van der Waals surface area contributed by atoms with Crippen LogP contribution < -0.4 is 5.32 Å². The minimum absolute atomic E-state index is 0.380. The van der Waals surface area contributed by atoms with Crippen LogP contribution in [0.2, 0.25) is 0 Å². The number of carbonyl (C=O) groups excluding carboxylic acids is 2. The van der Waals surface area contributed by atoms with Gasteiger partial charge in [-0.25, -0.2) is 4.79 Å². The van der Waals surface area contributed by atoms with Gasteiger partial charge in [0.25, 0.3) is 0 Å². The fourth-order valence-corrected chi connectivity index (χ4v) is 3.19. The zero-order valence-corrected chi connectivity index (χ0v) is 29.6. The summed E-state index contributed by atoms with van der Waals surface area (Å²) in [5.41, 5.74) is -0.514. The van der Waals surface area contributed by atoms with E-state index in [-0.39, 0.29) is 0 Å². The summed E-state index contributed by atoms with van der Waals surface area (Å²) in [6, 6.07) is 0. The van der Waals surface area contributed by atoms with Crippen LogP contribution in [0, 0.1) is 0 Å². The number of amides is 1. The second kappa shape index (κ2) is 38.3. The Morgan fingerprint density at radius 3 is 0.875 bits per heavy atom. The molecule has 0 saturated carbocycles. The number of hydrogen-bond acceptors (Lipinski definition) is 15. The summed E-state index contributed by atoms with van der Waals surface area (Å²) >= 11 is 0. The summed E-state index contributed by atoms with van der Waals surface area (Å²) in [7, 11) is 0. The number of rotatable bonds is 39. The Hall–Kier alpha value is -1.54. The molecular formula is C32H63NO15. The molecule has 0 heterocycles. The molecule has 0 atom stereocenters. The van der Waals surface area contributed by atoms with Crippen molar-refractivity contribution in [2.45, 2.75) is 32.8 Å². The van der Waals surface area contributed by atoms with Gasteiger partial charge in [0.1, 0.15) is 11.9 Å². The van der Waals surface area contributed by atoms with Crippen molar-refractivity contribution >= 4 is 12.4 Å². The molecule has 1 amide bonds. The molecule has 0 aromatic heterocycles. The van der Waals surface area contributed by atoms with Crippen molar-refractivity contribution in [1.29, 1.82) is 0 Å². The smallest absolute Gasteiger partial charge is 0.407 e. The van der Waals surface area contributed by atoms with Gasteiger partial charge in [0, 0.05) is 13.0 Å². The van der Waals surface area contributed by atoms with Crippen LogP contribution in [0.5, 0.6) is 0 Å². The second-order valence-corrected chi connectivity index (χ2v) is 10.7. The minimum atomic E-state index is -0.514. The van der Waals surface area contributed by atoms with Crippen LogP contribution in [0.25, 0.3) is 0 Å². The van der Waals surface area contributed by atoms with Gasteiger partial charge in [-0.2, -0.15) is 0 Å². The monoisotopic (exact) mass is 701 g/mol.